The van der Waals surface area contributed by atoms with Gasteiger partial charge in [0.25, 0.3) is 0 Å². The van der Waals surface area contributed by atoms with Gasteiger partial charge in [-0.1, -0.05) is 30.0 Å². The van der Waals surface area contributed by atoms with Gasteiger partial charge in [0.2, 0.25) is 5.91 Å². The van der Waals surface area contributed by atoms with E-state index in [2.05, 4.69) is 27.6 Å². The topological polar surface area (TPSA) is 76.9 Å². The summed E-state index contributed by atoms with van der Waals surface area (Å²) in [6, 6.07) is 13.8. The van der Waals surface area contributed by atoms with E-state index in [0.717, 1.165) is 48.4 Å². The van der Waals surface area contributed by atoms with Crippen molar-refractivity contribution < 1.29 is 9.59 Å². The first-order valence-electron chi connectivity index (χ1n) is 11.2. The summed E-state index contributed by atoms with van der Waals surface area (Å²) in [7, 11) is 0. The molecule has 1 amide bonds. The number of aromatic nitrogens is 3. The molecule has 0 aliphatic heterocycles. The highest BCUT2D eigenvalue weighted by Gasteiger charge is 2.31. The van der Waals surface area contributed by atoms with Crippen molar-refractivity contribution in [2.24, 2.45) is 0 Å². The minimum atomic E-state index is -0.112. The van der Waals surface area contributed by atoms with Gasteiger partial charge in [-0.15, -0.1) is 10.2 Å². The summed E-state index contributed by atoms with van der Waals surface area (Å²) in [5.74, 6) is 1.63. The molecule has 7 heteroatoms. The molecule has 1 heterocycles. The smallest absolute Gasteiger partial charge is 0.221 e. The summed E-state index contributed by atoms with van der Waals surface area (Å²) < 4.78 is 2.04. The Morgan fingerprint density at radius 1 is 1.06 bits per heavy atom. The van der Waals surface area contributed by atoms with Gasteiger partial charge in [0.1, 0.15) is 5.82 Å². The Hall–Kier alpha value is -2.93. The van der Waals surface area contributed by atoms with E-state index in [1.165, 1.54) is 42.7 Å². The molecule has 2 aromatic carbocycles. The summed E-state index contributed by atoms with van der Waals surface area (Å²) in [5, 5.41) is 12.4. The van der Waals surface area contributed by atoms with E-state index in [1.54, 1.807) is 0 Å². The number of hydrogen-bond donors (Lipinski definition) is 1. The van der Waals surface area contributed by atoms with Crippen molar-refractivity contribution in [3.05, 3.63) is 65.0 Å². The van der Waals surface area contributed by atoms with Gasteiger partial charge in [-0.2, -0.15) is 0 Å². The molecule has 0 saturated heterocycles. The molecule has 5 rings (SSSR count). The number of hydrogen-bond acceptors (Lipinski definition) is 5. The van der Waals surface area contributed by atoms with Crippen LogP contribution in [0.15, 0.2) is 47.6 Å². The van der Waals surface area contributed by atoms with Crippen LogP contribution >= 0.6 is 11.8 Å². The van der Waals surface area contributed by atoms with Crippen LogP contribution in [0.5, 0.6) is 0 Å². The van der Waals surface area contributed by atoms with Gasteiger partial charge in [0.15, 0.2) is 10.9 Å². The molecule has 2 aliphatic carbocycles. The van der Waals surface area contributed by atoms with Crippen LogP contribution in [-0.4, -0.2) is 32.2 Å². The number of fused-ring (bicyclic) bond motifs is 1. The summed E-state index contributed by atoms with van der Waals surface area (Å²) in [5.41, 5.74) is 5.10. The van der Waals surface area contributed by atoms with Gasteiger partial charge in [-0.3, -0.25) is 14.2 Å². The second-order valence-electron chi connectivity index (χ2n) is 8.58. The van der Waals surface area contributed by atoms with Crippen LogP contribution in [-0.2, 0) is 17.6 Å². The molecule has 0 radical (unpaired) electrons. The number of carbonyl (C=O) groups is 2. The Balaban J connectivity index is 1.38. The molecular weight excluding hydrogens is 420 g/mol. The number of carbonyl (C=O) groups excluding carboxylic acids is 2. The summed E-state index contributed by atoms with van der Waals surface area (Å²) >= 11 is 1.42. The van der Waals surface area contributed by atoms with Gasteiger partial charge >= 0.3 is 0 Å². The Bertz CT molecular complexity index is 1180. The van der Waals surface area contributed by atoms with E-state index >= 15 is 0 Å². The van der Waals surface area contributed by atoms with E-state index in [9.17, 15) is 9.59 Å². The Morgan fingerprint density at radius 3 is 2.66 bits per heavy atom. The van der Waals surface area contributed by atoms with Crippen molar-refractivity contribution in [1.29, 1.82) is 0 Å². The molecule has 32 heavy (non-hydrogen) atoms. The molecule has 3 aromatic rings. The first-order chi connectivity index (χ1) is 15.6. The lowest BCUT2D eigenvalue weighted by molar-refractivity contribution is -0.114. The maximum absolute atomic E-state index is 13.0. The van der Waals surface area contributed by atoms with Crippen molar-refractivity contribution >= 4 is 29.1 Å². The number of nitrogens with zero attached hydrogens (tertiary/aromatic N) is 3. The van der Waals surface area contributed by atoms with Gasteiger partial charge in [-0.05, 0) is 73.9 Å². The molecule has 1 fully saturated rings. The second-order valence-corrected chi connectivity index (χ2v) is 9.53. The lowest BCUT2D eigenvalue weighted by Crippen LogP contribution is -2.09. The molecule has 6 nitrogen and oxygen atoms in total. The molecule has 164 valence electrons. The molecule has 1 N–H and O–H groups in total. The molecule has 1 aromatic heterocycles. The number of Topliss-reactive ketones (excluding diaryl/α,β-unsaturated/α-hetero) is 1. The molecule has 0 atom stereocenters. The second kappa shape index (κ2) is 8.90. The maximum Gasteiger partial charge on any atom is 0.221 e. The summed E-state index contributed by atoms with van der Waals surface area (Å²) in [6.45, 7) is 1.49. The number of benzene rings is 2. The lowest BCUT2D eigenvalue weighted by Gasteiger charge is -2.16. The van der Waals surface area contributed by atoms with Crippen molar-refractivity contribution in [2.45, 2.75) is 56.5 Å². The number of nitrogens with one attached hydrogen (secondary N) is 1. The third-order valence-electron chi connectivity index (χ3n) is 6.03. The van der Waals surface area contributed by atoms with E-state index in [1.807, 2.05) is 34.9 Å². The van der Waals surface area contributed by atoms with Crippen molar-refractivity contribution in [3.63, 3.8) is 0 Å². The Labute approximate surface area is 191 Å². The van der Waals surface area contributed by atoms with Gasteiger partial charge in [0.05, 0.1) is 11.4 Å². The first-order valence-corrected chi connectivity index (χ1v) is 12.2. The number of ketones is 1. The van der Waals surface area contributed by atoms with E-state index in [-0.39, 0.29) is 11.7 Å². The summed E-state index contributed by atoms with van der Waals surface area (Å²) in [6.07, 6.45) is 6.81. The third kappa shape index (κ3) is 4.48. The lowest BCUT2D eigenvalue weighted by atomic mass is 9.90. The highest BCUT2D eigenvalue weighted by Crippen LogP contribution is 2.41. The number of thioether (sulfide) groups is 1. The largest absolute Gasteiger partial charge is 0.326 e. The Morgan fingerprint density at radius 2 is 1.88 bits per heavy atom. The van der Waals surface area contributed by atoms with Gasteiger partial charge in [0, 0.05) is 24.1 Å². The molecule has 0 bridgehead atoms. The van der Waals surface area contributed by atoms with Crippen molar-refractivity contribution in [3.8, 4) is 5.69 Å². The third-order valence-corrected chi connectivity index (χ3v) is 6.96. The predicted molar refractivity (Wildman–Crippen MR) is 126 cm³/mol. The highest BCUT2D eigenvalue weighted by molar-refractivity contribution is 7.99. The molecular formula is C25H26N4O2S. The van der Waals surface area contributed by atoms with Gasteiger partial charge in [-0.25, -0.2) is 0 Å². The van der Waals surface area contributed by atoms with Crippen LogP contribution in [0.1, 0.15) is 65.8 Å². The predicted octanol–water partition coefficient (Wildman–Crippen LogP) is 4.96. The molecule has 0 unspecified atom stereocenters. The summed E-state index contributed by atoms with van der Waals surface area (Å²) in [4.78, 5) is 24.4. The molecule has 0 spiro atoms. The minimum Gasteiger partial charge on any atom is -0.326 e. The molecule has 1 saturated carbocycles. The highest BCUT2D eigenvalue weighted by atomic mass is 32.2. The Kier molecular flexibility index (Phi) is 5.83. The fraction of sp³-hybridized carbons (Fsp3) is 0.360. The standard InChI is InChI=1S/C25H26N4O2S/c1-16(30)26-21-7-4-8-22(14-21)29-24(18-10-11-18)27-28-25(29)32-15-23(31)20-12-9-17-5-2-3-6-19(17)13-20/h4,7-9,12-14,18H,2-3,5-6,10-11,15H2,1H3,(H,26,30). The van der Waals surface area contributed by atoms with Crippen LogP contribution in [0, 0.1) is 0 Å². The normalized spacial score (nSPS) is 15.3. The SMILES string of the molecule is CC(=O)Nc1cccc(-n2c(SCC(=O)c3ccc4c(c3)CCCC4)nnc2C2CC2)c1. The number of anilines is 1. The quantitative estimate of drug-likeness (QED) is 0.410. The monoisotopic (exact) mass is 446 g/mol. The van der Waals surface area contributed by atoms with Crippen LogP contribution in [0.3, 0.4) is 0 Å². The number of amides is 1. The number of rotatable bonds is 7. The van der Waals surface area contributed by atoms with Crippen molar-refractivity contribution in [1.82, 2.24) is 14.8 Å². The zero-order chi connectivity index (χ0) is 22.1. The van der Waals surface area contributed by atoms with E-state index in [4.69, 9.17) is 0 Å². The van der Waals surface area contributed by atoms with Crippen LogP contribution in [0.2, 0.25) is 0 Å². The van der Waals surface area contributed by atoms with Crippen LogP contribution < -0.4 is 5.32 Å². The average molecular weight is 447 g/mol. The number of aryl methyl sites for hydroxylation is 2. The first kappa shape index (κ1) is 20.9. The minimum absolute atomic E-state index is 0.109. The van der Waals surface area contributed by atoms with E-state index < -0.39 is 0 Å². The fourth-order valence-corrected chi connectivity index (χ4v) is 5.12. The van der Waals surface area contributed by atoms with Crippen LogP contribution in [0.25, 0.3) is 5.69 Å². The molecule has 2 aliphatic rings. The van der Waals surface area contributed by atoms with Crippen molar-refractivity contribution in [2.75, 3.05) is 11.1 Å². The fourth-order valence-electron chi connectivity index (χ4n) is 4.27. The zero-order valence-electron chi connectivity index (χ0n) is 18.1. The maximum atomic E-state index is 13.0. The van der Waals surface area contributed by atoms with E-state index in [0.29, 0.717) is 16.8 Å². The average Bonchev–Trinajstić information content (AvgIpc) is 3.56. The van der Waals surface area contributed by atoms with Crippen LogP contribution in [0.4, 0.5) is 5.69 Å². The zero-order valence-corrected chi connectivity index (χ0v) is 19.0. The van der Waals surface area contributed by atoms with Gasteiger partial charge < -0.3 is 5.32 Å².